The van der Waals surface area contributed by atoms with Crippen LogP contribution >= 0.6 is 11.3 Å². The van der Waals surface area contributed by atoms with Crippen LogP contribution in [0.25, 0.3) is 11.3 Å². The van der Waals surface area contributed by atoms with Crippen LogP contribution in [-0.2, 0) is 10.0 Å². The first kappa shape index (κ1) is 17.6. The van der Waals surface area contributed by atoms with E-state index in [1.165, 1.54) is 11.3 Å². The number of hydrogen-bond acceptors (Lipinski definition) is 4. The van der Waals surface area contributed by atoms with Gasteiger partial charge < -0.3 is 0 Å². The van der Waals surface area contributed by atoms with Gasteiger partial charge in [-0.25, -0.2) is 13.4 Å². The Kier molecular flexibility index (Phi) is 4.67. The molecule has 1 N–H and O–H groups in total. The number of anilines is 1. The molecule has 0 aliphatic heterocycles. The number of nitrogens with zero attached hydrogens (tertiary/aromatic N) is 1. The Bertz CT molecular complexity index is 1040. The minimum Gasteiger partial charge on any atom is -0.255 e. The van der Waals surface area contributed by atoms with Gasteiger partial charge in [0.15, 0.2) is 5.13 Å². The summed E-state index contributed by atoms with van der Waals surface area (Å²) in [6.45, 7) is 7.90. The quantitative estimate of drug-likeness (QED) is 0.712. The fourth-order valence-electron chi connectivity index (χ4n) is 2.51. The van der Waals surface area contributed by atoms with Crippen LogP contribution in [0.3, 0.4) is 0 Å². The zero-order valence-electron chi connectivity index (χ0n) is 14.6. The van der Waals surface area contributed by atoms with Crippen molar-refractivity contribution < 1.29 is 8.42 Å². The first-order valence-electron chi connectivity index (χ1n) is 7.89. The average Bonchev–Trinajstić information content (AvgIpc) is 2.99. The summed E-state index contributed by atoms with van der Waals surface area (Å²) in [6, 6.07) is 11.3. The first-order valence-corrected chi connectivity index (χ1v) is 10.3. The zero-order chi connectivity index (χ0) is 18.2. The zero-order valence-corrected chi connectivity index (χ0v) is 16.3. The standard InChI is InChI=1S/C19H20N2O2S2/c1-12-5-6-14(3)17(9-12)18-11-24-19(20-18)21-25(22,23)16-8-7-13(2)15(4)10-16/h5-11H,1-4H3,(H,20,21). The Hall–Kier alpha value is -2.18. The Morgan fingerprint density at radius 2 is 1.64 bits per heavy atom. The lowest BCUT2D eigenvalue weighted by Crippen LogP contribution is -2.13. The molecule has 0 amide bonds. The third-order valence-corrected chi connectivity index (χ3v) is 6.41. The van der Waals surface area contributed by atoms with Crippen LogP contribution in [0.15, 0.2) is 46.7 Å². The second-order valence-electron chi connectivity index (χ2n) is 6.21. The lowest BCUT2D eigenvalue weighted by Gasteiger charge is -2.07. The summed E-state index contributed by atoms with van der Waals surface area (Å²) >= 11 is 1.29. The van der Waals surface area contributed by atoms with Crippen molar-refractivity contribution in [2.45, 2.75) is 32.6 Å². The molecular formula is C19H20N2O2S2. The Labute approximate surface area is 152 Å². The predicted octanol–water partition coefficient (Wildman–Crippen LogP) is 4.84. The highest BCUT2D eigenvalue weighted by molar-refractivity contribution is 7.93. The summed E-state index contributed by atoms with van der Waals surface area (Å²) in [5.74, 6) is 0. The molecule has 1 aromatic heterocycles. The second kappa shape index (κ2) is 6.61. The van der Waals surface area contributed by atoms with Crippen molar-refractivity contribution in [1.29, 1.82) is 0 Å². The third-order valence-electron chi connectivity index (χ3n) is 4.18. The lowest BCUT2D eigenvalue weighted by atomic mass is 10.0. The molecule has 0 spiro atoms. The number of thiazole rings is 1. The normalized spacial score (nSPS) is 11.5. The van der Waals surface area contributed by atoms with E-state index in [0.29, 0.717) is 5.13 Å². The average molecular weight is 373 g/mol. The molecular weight excluding hydrogens is 352 g/mol. The molecule has 3 rings (SSSR count). The molecule has 3 aromatic rings. The number of benzene rings is 2. The third kappa shape index (κ3) is 3.75. The summed E-state index contributed by atoms with van der Waals surface area (Å²) in [4.78, 5) is 4.71. The maximum Gasteiger partial charge on any atom is 0.263 e. The molecule has 0 saturated heterocycles. The van der Waals surface area contributed by atoms with Crippen molar-refractivity contribution in [3.05, 3.63) is 64.0 Å². The molecule has 1 heterocycles. The van der Waals surface area contributed by atoms with Gasteiger partial charge in [0.25, 0.3) is 10.0 Å². The minimum atomic E-state index is -3.64. The fourth-order valence-corrected chi connectivity index (χ4v) is 4.56. The molecule has 6 heteroatoms. The van der Waals surface area contributed by atoms with E-state index in [4.69, 9.17) is 0 Å². The predicted molar refractivity (Wildman–Crippen MR) is 104 cm³/mol. The molecule has 0 saturated carbocycles. The van der Waals surface area contributed by atoms with E-state index >= 15 is 0 Å². The SMILES string of the molecule is Cc1ccc(C)c(-c2csc(NS(=O)(=O)c3ccc(C)c(C)c3)n2)c1. The summed E-state index contributed by atoms with van der Waals surface area (Å²) in [7, 11) is -3.64. The van der Waals surface area contributed by atoms with Crippen molar-refractivity contribution >= 4 is 26.5 Å². The number of aromatic nitrogens is 1. The van der Waals surface area contributed by atoms with Gasteiger partial charge in [0.05, 0.1) is 10.6 Å². The molecule has 0 aliphatic carbocycles. The lowest BCUT2D eigenvalue weighted by molar-refractivity contribution is 0.601. The van der Waals surface area contributed by atoms with E-state index in [0.717, 1.165) is 33.5 Å². The van der Waals surface area contributed by atoms with E-state index in [1.807, 2.05) is 45.2 Å². The van der Waals surface area contributed by atoms with Crippen LogP contribution in [-0.4, -0.2) is 13.4 Å². The molecule has 0 fully saturated rings. The largest absolute Gasteiger partial charge is 0.263 e. The minimum absolute atomic E-state index is 0.249. The van der Waals surface area contributed by atoms with Crippen LogP contribution in [0.5, 0.6) is 0 Å². The number of aryl methyl sites for hydroxylation is 4. The number of nitrogens with one attached hydrogen (secondary N) is 1. The summed E-state index contributed by atoms with van der Waals surface area (Å²) in [6.07, 6.45) is 0. The van der Waals surface area contributed by atoms with Gasteiger partial charge in [-0.15, -0.1) is 11.3 Å². The smallest absolute Gasteiger partial charge is 0.255 e. The highest BCUT2D eigenvalue weighted by atomic mass is 32.2. The summed E-state index contributed by atoms with van der Waals surface area (Å²) < 4.78 is 27.8. The number of rotatable bonds is 4. The topological polar surface area (TPSA) is 59.1 Å². The molecule has 130 valence electrons. The van der Waals surface area contributed by atoms with E-state index in [1.54, 1.807) is 12.1 Å². The van der Waals surface area contributed by atoms with Gasteiger partial charge in [0, 0.05) is 10.9 Å². The van der Waals surface area contributed by atoms with E-state index < -0.39 is 10.0 Å². The van der Waals surface area contributed by atoms with Crippen LogP contribution in [0.2, 0.25) is 0 Å². The maximum atomic E-state index is 12.6. The van der Waals surface area contributed by atoms with Crippen molar-refractivity contribution in [2.75, 3.05) is 4.72 Å². The molecule has 0 atom stereocenters. The molecule has 0 unspecified atom stereocenters. The van der Waals surface area contributed by atoms with Crippen LogP contribution in [0.4, 0.5) is 5.13 Å². The van der Waals surface area contributed by atoms with Gasteiger partial charge >= 0.3 is 0 Å². The van der Waals surface area contributed by atoms with Gasteiger partial charge in [-0.3, -0.25) is 4.72 Å². The van der Waals surface area contributed by atoms with Gasteiger partial charge in [-0.1, -0.05) is 23.8 Å². The first-order chi connectivity index (χ1) is 11.8. The molecule has 0 bridgehead atoms. The monoisotopic (exact) mass is 372 g/mol. The van der Waals surface area contributed by atoms with Crippen molar-refractivity contribution in [3.8, 4) is 11.3 Å². The number of hydrogen-bond donors (Lipinski definition) is 1. The van der Waals surface area contributed by atoms with Gasteiger partial charge in [-0.05, 0) is 62.6 Å². The highest BCUT2D eigenvalue weighted by Crippen LogP contribution is 2.29. The van der Waals surface area contributed by atoms with Gasteiger partial charge in [-0.2, -0.15) is 0 Å². The van der Waals surface area contributed by atoms with Gasteiger partial charge in [0.1, 0.15) is 0 Å². The van der Waals surface area contributed by atoms with Crippen LogP contribution in [0.1, 0.15) is 22.3 Å². The Morgan fingerprint density at radius 3 is 2.36 bits per heavy atom. The van der Waals surface area contributed by atoms with E-state index in [2.05, 4.69) is 21.8 Å². The van der Waals surface area contributed by atoms with E-state index in [-0.39, 0.29) is 4.90 Å². The fraction of sp³-hybridized carbons (Fsp3) is 0.211. The molecule has 0 aliphatic rings. The molecule has 2 aromatic carbocycles. The number of sulfonamides is 1. The van der Waals surface area contributed by atoms with Crippen molar-refractivity contribution in [3.63, 3.8) is 0 Å². The van der Waals surface area contributed by atoms with Crippen molar-refractivity contribution in [2.24, 2.45) is 0 Å². The van der Waals surface area contributed by atoms with Crippen LogP contribution in [0, 0.1) is 27.7 Å². The van der Waals surface area contributed by atoms with Crippen LogP contribution < -0.4 is 4.72 Å². The summed E-state index contributed by atoms with van der Waals surface area (Å²) in [5.41, 5.74) is 6.06. The molecule has 4 nitrogen and oxygen atoms in total. The molecule has 25 heavy (non-hydrogen) atoms. The molecule has 0 radical (unpaired) electrons. The highest BCUT2D eigenvalue weighted by Gasteiger charge is 2.17. The van der Waals surface area contributed by atoms with E-state index in [9.17, 15) is 8.42 Å². The van der Waals surface area contributed by atoms with Gasteiger partial charge in [0.2, 0.25) is 0 Å². The maximum absolute atomic E-state index is 12.6. The van der Waals surface area contributed by atoms with Crippen molar-refractivity contribution in [1.82, 2.24) is 4.98 Å². The Balaban J connectivity index is 1.90. The summed E-state index contributed by atoms with van der Waals surface area (Å²) in [5, 5.41) is 2.24. The Morgan fingerprint density at radius 1 is 0.920 bits per heavy atom. The second-order valence-corrected chi connectivity index (χ2v) is 8.75.